The molecule has 1 atom stereocenters. The molecule has 3 heteroatoms. The summed E-state index contributed by atoms with van der Waals surface area (Å²) in [4.78, 5) is 12.3. The van der Waals surface area contributed by atoms with Crippen LogP contribution in [-0.2, 0) is 9.53 Å². The van der Waals surface area contributed by atoms with Gasteiger partial charge in [-0.25, -0.2) is 0 Å². The number of carbonyl (C=O) groups is 1. The first-order valence-electron chi connectivity index (χ1n) is 7.52. The van der Waals surface area contributed by atoms with Crippen LogP contribution >= 0.6 is 0 Å². The molecule has 3 nitrogen and oxygen atoms in total. The molecule has 0 saturated carbocycles. The van der Waals surface area contributed by atoms with Crippen molar-refractivity contribution in [1.29, 1.82) is 0 Å². The molecule has 2 aromatic rings. The maximum Gasteiger partial charge on any atom is 0.324 e. The van der Waals surface area contributed by atoms with E-state index in [0.717, 1.165) is 11.1 Å². The minimum atomic E-state index is -1.76. The lowest BCUT2D eigenvalue weighted by Gasteiger charge is -2.22. The predicted octanol–water partition coefficient (Wildman–Crippen LogP) is 3.30. The molecule has 2 rings (SSSR count). The van der Waals surface area contributed by atoms with Gasteiger partial charge in [0.2, 0.25) is 0 Å². The van der Waals surface area contributed by atoms with Crippen molar-refractivity contribution in [1.82, 2.24) is 0 Å². The lowest BCUT2D eigenvalue weighted by Crippen LogP contribution is -2.37. The molecule has 0 spiro atoms. The Kier molecular flexibility index (Phi) is 4.64. The molecule has 0 radical (unpaired) electrons. The summed E-state index contributed by atoms with van der Waals surface area (Å²) in [7, 11) is 0. The van der Waals surface area contributed by atoms with Gasteiger partial charge in [0.05, 0.1) is 1.37 Å². The van der Waals surface area contributed by atoms with Crippen LogP contribution in [0.15, 0.2) is 60.7 Å². The number of esters is 1. The van der Waals surface area contributed by atoms with Crippen molar-refractivity contribution < 1.29 is 10.9 Å². The molecule has 0 bridgehead atoms. The van der Waals surface area contributed by atoms with Crippen LogP contribution < -0.4 is 5.73 Å². The van der Waals surface area contributed by atoms with Gasteiger partial charge in [0.25, 0.3) is 0 Å². The lowest BCUT2D eigenvalue weighted by atomic mass is 10.0. The second kappa shape index (κ2) is 7.04. The summed E-state index contributed by atoms with van der Waals surface area (Å²) in [5.41, 5.74) is 7.50. The molecular weight excluding hydrogens is 263 g/mol. The Balaban J connectivity index is 2.33. The molecule has 110 valence electrons. The molecule has 2 N–H and O–H groups in total. The standard InChI is InChI=1S/C18H21NO2/c1-13(2)16(19)18(20)21-17(14-9-5-3-6-10-14)15-11-7-4-8-12-15/h3-13,16-17H,19H2,1-2H3/i13+1,16D. The molecule has 0 fully saturated rings. The zero-order valence-electron chi connectivity index (χ0n) is 13.3. The maximum atomic E-state index is 12.3. The fourth-order valence-corrected chi connectivity index (χ4v) is 1.99. The van der Waals surface area contributed by atoms with Gasteiger partial charge in [0, 0.05) is 0 Å². The highest BCUT2D eigenvalue weighted by Crippen LogP contribution is 2.26. The Morgan fingerprint density at radius 1 is 1.00 bits per heavy atom. The normalized spacial score (nSPS) is 14.6. The third kappa shape index (κ3) is 3.92. The number of hydrogen-bond acceptors (Lipinski definition) is 3. The van der Waals surface area contributed by atoms with Crippen LogP contribution in [0.3, 0.4) is 0 Å². The van der Waals surface area contributed by atoms with Crippen molar-refractivity contribution in [2.45, 2.75) is 26.0 Å². The number of benzene rings is 2. The highest BCUT2D eigenvalue weighted by Gasteiger charge is 2.24. The molecule has 0 amide bonds. The van der Waals surface area contributed by atoms with Crippen molar-refractivity contribution in [2.75, 3.05) is 0 Å². The van der Waals surface area contributed by atoms with E-state index in [2.05, 4.69) is 0 Å². The Morgan fingerprint density at radius 2 is 1.43 bits per heavy atom. The second-order valence-electron chi connectivity index (χ2n) is 5.22. The molecule has 0 aliphatic carbocycles. The molecule has 2 aromatic carbocycles. The summed E-state index contributed by atoms with van der Waals surface area (Å²) in [5.74, 6) is -1.06. The third-order valence-electron chi connectivity index (χ3n) is 3.29. The molecular formula is C18H21NO2. The maximum absolute atomic E-state index is 12.3. The Bertz CT molecular complexity index is 572. The Hall–Kier alpha value is -2.13. The third-order valence-corrected chi connectivity index (χ3v) is 3.29. The number of rotatable bonds is 5. The van der Waals surface area contributed by atoms with Crippen molar-refractivity contribution in [3.8, 4) is 0 Å². The number of carbonyl (C=O) groups excluding carboxylic acids is 1. The fourth-order valence-electron chi connectivity index (χ4n) is 1.99. The van der Waals surface area contributed by atoms with Crippen LogP contribution in [-0.4, -0.2) is 12.0 Å². The smallest absolute Gasteiger partial charge is 0.324 e. The number of ether oxygens (including phenoxy) is 1. The Morgan fingerprint density at radius 3 is 1.81 bits per heavy atom. The molecule has 1 unspecified atom stereocenters. The van der Waals surface area contributed by atoms with Crippen molar-refractivity contribution in [3.05, 3.63) is 71.8 Å². The van der Waals surface area contributed by atoms with E-state index in [9.17, 15) is 4.79 Å². The average molecular weight is 285 g/mol. The Labute approximate surface area is 127 Å². The molecule has 0 aromatic heterocycles. The minimum Gasteiger partial charge on any atom is -0.451 e. The van der Waals surface area contributed by atoms with Gasteiger partial charge < -0.3 is 10.5 Å². The van der Waals surface area contributed by atoms with E-state index in [0.29, 0.717) is 0 Å². The monoisotopic (exact) mass is 285 g/mol. The summed E-state index contributed by atoms with van der Waals surface area (Å²) in [6.45, 7) is 3.46. The van der Waals surface area contributed by atoms with E-state index < -0.39 is 18.1 Å². The topological polar surface area (TPSA) is 52.3 Å². The summed E-state index contributed by atoms with van der Waals surface area (Å²) < 4.78 is 13.6. The zero-order valence-corrected chi connectivity index (χ0v) is 12.3. The largest absolute Gasteiger partial charge is 0.451 e. The van der Waals surface area contributed by atoms with Crippen molar-refractivity contribution >= 4 is 5.97 Å². The second-order valence-corrected chi connectivity index (χ2v) is 5.22. The summed E-state index contributed by atoms with van der Waals surface area (Å²) in [5, 5.41) is 0. The van der Waals surface area contributed by atoms with Crippen LogP contribution in [0.1, 0.15) is 32.4 Å². The van der Waals surface area contributed by atoms with Gasteiger partial charge in [0.1, 0.15) is 6.02 Å². The summed E-state index contributed by atoms with van der Waals surface area (Å²) in [6.07, 6.45) is -0.568. The molecule has 0 heterocycles. The van der Waals surface area contributed by atoms with Gasteiger partial charge in [-0.05, 0) is 17.0 Å². The average Bonchev–Trinajstić information content (AvgIpc) is 2.53. The van der Waals surface area contributed by atoms with Crippen LogP contribution in [0.5, 0.6) is 0 Å². The van der Waals surface area contributed by atoms with Crippen LogP contribution in [0, 0.1) is 5.92 Å². The molecule has 21 heavy (non-hydrogen) atoms. The SMILES string of the molecule is [2H]C(N)(C(=O)OC(c1ccccc1)c1ccccc1)[13CH](C)C. The van der Waals surface area contributed by atoms with Crippen molar-refractivity contribution in [2.24, 2.45) is 11.7 Å². The van der Waals surface area contributed by atoms with Crippen LogP contribution in [0.2, 0.25) is 0 Å². The van der Waals surface area contributed by atoms with Crippen LogP contribution in [0.4, 0.5) is 0 Å². The highest BCUT2D eigenvalue weighted by molar-refractivity contribution is 5.76. The quantitative estimate of drug-likeness (QED) is 0.677. The zero-order chi connectivity index (χ0) is 16.2. The number of hydrogen-bond donors (Lipinski definition) is 1. The van der Waals surface area contributed by atoms with E-state index in [1.165, 1.54) is 0 Å². The highest BCUT2D eigenvalue weighted by atomic mass is 16.5. The van der Waals surface area contributed by atoms with E-state index in [-0.39, 0.29) is 5.92 Å². The van der Waals surface area contributed by atoms with E-state index in [1.807, 2.05) is 60.7 Å². The summed E-state index contributed by atoms with van der Waals surface area (Å²) in [6, 6.07) is 17.2. The van der Waals surface area contributed by atoms with Gasteiger partial charge >= 0.3 is 5.97 Å². The van der Waals surface area contributed by atoms with E-state index in [1.54, 1.807) is 13.8 Å². The fraction of sp³-hybridized carbons (Fsp3) is 0.278. The van der Waals surface area contributed by atoms with Gasteiger partial charge in [0.15, 0.2) is 6.10 Å². The van der Waals surface area contributed by atoms with Gasteiger partial charge in [-0.2, -0.15) is 0 Å². The van der Waals surface area contributed by atoms with Gasteiger partial charge in [-0.1, -0.05) is 74.5 Å². The van der Waals surface area contributed by atoms with E-state index >= 15 is 0 Å². The van der Waals surface area contributed by atoms with Gasteiger partial charge in [-0.3, -0.25) is 4.79 Å². The molecule has 0 aliphatic rings. The van der Waals surface area contributed by atoms with E-state index in [4.69, 9.17) is 11.8 Å². The first-order chi connectivity index (χ1) is 10.4. The minimum absolute atomic E-state index is 0.341. The molecule has 0 aliphatic heterocycles. The predicted molar refractivity (Wildman–Crippen MR) is 83.6 cm³/mol. The first kappa shape index (κ1) is 13.8. The van der Waals surface area contributed by atoms with Crippen LogP contribution in [0.25, 0.3) is 0 Å². The lowest BCUT2D eigenvalue weighted by molar-refractivity contribution is -0.150. The number of nitrogens with two attached hydrogens (primary N) is 1. The van der Waals surface area contributed by atoms with Gasteiger partial charge in [-0.15, -0.1) is 0 Å². The molecule has 0 saturated heterocycles. The summed E-state index contributed by atoms with van der Waals surface area (Å²) >= 11 is 0. The van der Waals surface area contributed by atoms with Crippen molar-refractivity contribution in [3.63, 3.8) is 0 Å². The first-order valence-corrected chi connectivity index (χ1v) is 7.02.